The number of ether oxygens (including phenoxy) is 2. The van der Waals surface area contributed by atoms with E-state index in [-0.39, 0.29) is 24.1 Å². The van der Waals surface area contributed by atoms with Crippen LogP contribution in [0.4, 0.5) is 0 Å². The first-order valence-electron chi connectivity index (χ1n) is 6.81. The number of esters is 1. The third-order valence-electron chi connectivity index (χ3n) is 4.78. The molecule has 4 nitrogen and oxygen atoms in total. The largest absolute Gasteiger partial charge is 0.459 e. The molecule has 3 fully saturated rings. The molecule has 1 aliphatic heterocycles. The molecule has 3 rings (SSSR count). The standard InChI is InChI=1S/C14H22O4/c1-13(2,3)12(15)17-10-7-5-8-9(6-7)14(4,16)18-11(8)10/h7-11,16H,5-6H2,1-4H3. The van der Waals surface area contributed by atoms with E-state index in [1.165, 1.54) is 0 Å². The van der Waals surface area contributed by atoms with Crippen LogP contribution < -0.4 is 0 Å². The Morgan fingerprint density at radius 2 is 2.06 bits per heavy atom. The summed E-state index contributed by atoms with van der Waals surface area (Å²) in [6, 6.07) is 0. The Morgan fingerprint density at radius 3 is 2.67 bits per heavy atom. The Hall–Kier alpha value is -0.610. The Kier molecular flexibility index (Phi) is 2.40. The molecule has 2 aliphatic carbocycles. The summed E-state index contributed by atoms with van der Waals surface area (Å²) >= 11 is 0. The fourth-order valence-corrected chi connectivity index (χ4v) is 3.85. The first kappa shape index (κ1) is 12.4. The number of rotatable bonds is 1. The van der Waals surface area contributed by atoms with Gasteiger partial charge in [-0.05, 0) is 52.4 Å². The van der Waals surface area contributed by atoms with Crippen molar-refractivity contribution in [2.24, 2.45) is 23.2 Å². The van der Waals surface area contributed by atoms with Crippen LogP contribution in [0.25, 0.3) is 0 Å². The van der Waals surface area contributed by atoms with E-state index in [2.05, 4.69) is 0 Å². The Balaban J connectivity index is 1.76. The summed E-state index contributed by atoms with van der Waals surface area (Å²) in [6.07, 6.45) is 1.67. The average Bonchev–Trinajstić information content (AvgIpc) is 2.80. The van der Waals surface area contributed by atoms with Crippen LogP contribution in [0.1, 0.15) is 40.5 Å². The molecular weight excluding hydrogens is 232 g/mol. The molecule has 6 atom stereocenters. The monoisotopic (exact) mass is 254 g/mol. The zero-order valence-corrected chi connectivity index (χ0v) is 11.5. The summed E-state index contributed by atoms with van der Waals surface area (Å²) in [7, 11) is 0. The highest BCUT2D eigenvalue weighted by atomic mass is 16.7. The van der Waals surface area contributed by atoms with Gasteiger partial charge in [0.1, 0.15) is 12.2 Å². The molecule has 0 aromatic rings. The zero-order chi connectivity index (χ0) is 13.3. The predicted molar refractivity (Wildman–Crippen MR) is 64.5 cm³/mol. The maximum Gasteiger partial charge on any atom is 0.311 e. The van der Waals surface area contributed by atoms with Gasteiger partial charge in [-0.1, -0.05) is 0 Å². The van der Waals surface area contributed by atoms with Gasteiger partial charge in [-0.2, -0.15) is 0 Å². The van der Waals surface area contributed by atoms with Crippen molar-refractivity contribution in [3.8, 4) is 0 Å². The molecule has 3 aliphatic rings. The van der Waals surface area contributed by atoms with E-state index in [0.717, 1.165) is 12.8 Å². The highest BCUT2D eigenvalue weighted by Gasteiger charge is 2.66. The van der Waals surface area contributed by atoms with E-state index >= 15 is 0 Å². The molecule has 18 heavy (non-hydrogen) atoms. The van der Waals surface area contributed by atoms with Crippen LogP contribution in [-0.4, -0.2) is 29.1 Å². The smallest absolute Gasteiger partial charge is 0.311 e. The third-order valence-corrected chi connectivity index (χ3v) is 4.78. The zero-order valence-electron chi connectivity index (χ0n) is 11.5. The second-order valence-electron chi connectivity index (χ2n) is 7.26. The molecule has 0 amide bonds. The second-order valence-corrected chi connectivity index (χ2v) is 7.26. The van der Waals surface area contributed by atoms with E-state index in [1.54, 1.807) is 6.92 Å². The van der Waals surface area contributed by atoms with Crippen LogP contribution in [0, 0.1) is 23.2 Å². The van der Waals surface area contributed by atoms with Crippen molar-refractivity contribution in [3.05, 3.63) is 0 Å². The average molecular weight is 254 g/mol. The van der Waals surface area contributed by atoms with Crippen LogP contribution in [-0.2, 0) is 14.3 Å². The molecule has 2 bridgehead atoms. The van der Waals surface area contributed by atoms with Crippen LogP contribution in [0.5, 0.6) is 0 Å². The van der Waals surface area contributed by atoms with Crippen molar-refractivity contribution < 1.29 is 19.4 Å². The van der Waals surface area contributed by atoms with Gasteiger partial charge in [-0.3, -0.25) is 4.79 Å². The fourth-order valence-electron chi connectivity index (χ4n) is 3.85. The second kappa shape index (κ2) is 3.48. The predicted octanol–water partition coefficient (Wildman–Crippen LogP) is 1.71. The summed E-state index contributed by atoms with van der Waals surface area (Å²) < 4.78 is 11.4. The molecule has 0 spiro atoms. The molecule has 1 heterocycles. The van der Waals surface area contributed by atoms with Crippen molar-refractivity contribution in [2.45, 2.75) is 58.5 Å². The molecule has 0 aromatic carbocycles. The number of hydrogen-bond donors (Lipinski definition) is 1. The molecule has 4 heteroatoms. The lowest BCUT2D eigenvalue weighted by molar-refractivity contribution is -0.208. The topological polar surface area (TPSA) is 55.8 Å². The van der Waals surface area contributed by atoms with Gasteiger partial charge in [0.25, 0.3) is 0 Å². The molecule has 1 N–H and O–H groups in total. The maximum atomic E-state index is 12.0. The minimum absolute atomic E-state index is 0.102. The highest BCUT2D eigenvalue weighted by molar-refractivity contribution is 5.75. The van der Waals surface area contributed by atoms with Crippen molar-refractivity contribution in [1.29, 1.82) is 0 Å². The van der Waals surface area contributed by atoms with Gasteiger partial charge in [-0.25, -0.2) is 0 Å². The van der Waals surface area contributed by atoms with Gasteiger partial charge in [0.2, 0.25) is 0 Å². The van der Waals surface area contributed by atoms with Gasteiger partial charge < -0.3 is 14.6 Å². The van der Waals surface area contributed by atoms with E-state index in [9.17, 15) is 9.90 Å². The van der Waals surface area contributed by atoms with E-state index in [0.29, 0.717) is 11.8 Å². The fraction of sp³-hybridized carbons (Fsp3) is 0.929. The van der Waals surface area contributed by atoms with E-state index in [1.807, 2.05) is 20.8 Å². The molecule has 1 saturated heterocycles. The third kappa shape index (κ3) is 1.62. The van der Waals surface area contributed by atoms with E-state index < -0.39 is 11.2 Å². The highest BCUT2D eigenvalue weighted by Crippen LogP contribution is 2.60. The SMILES string of the molecule is CC(C)(C)C(=O)OC1C2CC3C1OC(C)(O)C3C2. The summed E-state index contributed by atoms with van der Waals surface area (Å²) in [5.74, 6) is -0.260. The summed E-state index contributed by atoms with van der Waals surface area (Å²) in [5.41, 5.74) is -0.484. The normalized spacial score (nSPS) is 49.7. The summed E-state index contributed by atoms with van der Waals surface area (Å²) in [5, 5.41) is 10.2. The molecule has 102 valence electrons. The van der Waals surface area contributed by atoms with Gasteiger partial charge >= 0.3 is 5.97 Å². The van der Waals surface area contributed by atoms with Gasteiger partial charge in [-0.15, -0.1) is 0 Å². The van der Waals surface area contributed by atoms with Crippen molar-refractivity contribution >= 4 is 5.97 Å². The van der Waals surface area contributed by atoms with Crippen LogP contribution in [0.3, 0.4) is 0 Å². The minimum atomic E-state index is -1.03. The molecule has 0 radical (unpaired) electrons. The number of carbonyl (C=O) groups is 1. The molecule has 6 unspecified atom stereocenters. The minimum Gasteiger partial charge on any atom is -0.459 e. The molecular formula is C14H22O4. The first-order chi connectivity index (χ1) is 8.20. The van der Waals surface area contributed by atoms with Crippen LogP contribution >= 0.6 is 0 Å². The molecule has 2 saturated carbocycles. The van der Waals surface area contributed by atoms with Crippen molar-refractivity contribution in [1.82, 2.24) is 0 Å². The maximum absolute atomic E-state index is 12.0. The van der Waals surface area contributed by atoms with Gasteiger partial charge in [0, 0.05) is 5.92 Å². The lowest BCUT2D eigenvalue weighted by Crippen LogP contribution is -2.38. The lowest BCUT2D eigenvalue weighted by atomic mass is 9.84. The van der Waals surface area contributed by atoms with Crippen molar-refractivity contribution in [2.75, 3.05) is 0 Å². The first-order valence-corrected chi connectivity index (χ1v) is 6.81. The Labute approximate surface area is 108 Å². The summed E-state index contributed by atoms with van der Waals surface area (Å²) in [6.45, 7) is 7.31. The van der Waals surface area contributed by atoms with Crippen molar-refractivity contribution in [3.63, 3.8) is 0 Å². The number of fused-ring (bicyclic) bond motifs is 1. The van der Waals surface area contributed by atoms with E-state index in [4.69, 9.17) is 9.47 Å². The Bertz CT molecular complexity index is 382. The lowest BCUT2D eigenvalue weighted by Gasteiger charge is -2.29. The number of hydrogen-bond acceptors (Lipinski definition) is 4. The number of aliphatic hydroxyl groups is 1. The van der Waals surface area contributed by atoms with Gasteiger partial charge in [0.15, 0.2) is 5.79 Å². The van der Waals surface area contributed by atoms with Crippen LogP contribution in [0.15, 0.2) is 0 Å². The van der Waals surface area contributed by atoms with Gasteiger partial charge in [0.05, 0.1) is 5.41 Å². The quantitative estimate of drug-likeness (QED) is 0.724. The van der Waals surface area contributed by atoms with Crippen LogP contribution in [0.2, 0.25) is 0 Å². The Morgan fingerprint density at radius 1 is 1.39 bits per heavy atom. The molecule has 0 aromatic heterocycles. The number of carbonyl (C=O) groups excluding carboxylic acids is 1. The summed E-state index contributed by atoms with van der Waals surface area (Å²) in [4.78, 5) is 12.0.